The summed E-state index contributed by atoms with van der Waals surface area (Å²) in [4.78, 5) is 0. The van der Waals surface area contributed by atoms with Crippen LogP contribution in [0.25, 0.3) is 0 Å². The van der Waals surface area contributed by atoms with Gasteiger partial charge in [-0.05, 0) is 0 Å². The Kier molecular flexibility index (Phi) is 13900. The standard InChI is InChI=1S/FHO.6FH.2O.Ta/c1-2;;;;;;;;;/h2H;6*1H;;;. The van der Waals surface area contributed by atoms with E-state index in [0.717, 1.165) is 0 Å². The zero-order valence-corrected chi connectivity index (χ0v) is 7.75. The van der Waals surface area contributed by atoms with Crippen LogP contribution in [0.4, 0.5) is 32.8 Å². The van der Waals surface area contributed by atoms with Crippen LogP contribution in [0.5, 0.6) is 0 Å². The second-order valence-corrected chi connectivity index (χ2v) is 0.610. The van der Waals surface area contributed by atoms with Crippen molar-refractivity contribution in [3.05, 3.63) is 0 Å². The molecule has 0 saturated heterocycles. The summed E-state index contributed by atoms with van der Waals surface area (Å²) >= 11 is -2.33. The number of hydrogen-bond donors (Lipinski definition) is 1. The Bertz CT molecular complexity index is 34.7. The molecule has 11 heteroatoms. The first kappa shape index (κ1) is 132. The van der Waals surface area contributed by atoms with Gasteiger partial charge in [-0.3, -0.25) is 28.2 Å². The first-order valence-corrected chi connectivity index (χ1v) is 3.16. The number of rotatable bonds is 0. The average molecular weight is 369 g/mol. The third-order valence-electron chi connectivity index (χ3n) is 0. The van der Waals surface area contributed by atoms with Gasteiger partial charge in [0.2, 0.25) is 0 Å². The van der Waals surface area contributed by atoms with Gasteiger partial charge in [0, 0.05) is 0 Å². The van der Waals surface area contributed by atoms with Gasteiger partial charge in [0.15, 0.2) is 0 Å². The summed E-state index contributed by atoms with van der Waals surface area (Å²) in [6.45, 7) is 0. The van der Waals surface area contributed by atoms with E-state index in [1.165, 1.54) is 0 Å². The third-order valence-corrected chi connectivity index (χ3v) is 0. The van der Waals surface area contributed by atoms with Crippen LogP contribution in [0, 0.1) is 0 Å². The summed E-state index contributed by atoms with van der Waals surface area (Å²) in [5, 5.41) is 5.50. The molecule has 1 N–H and O–H groups in total. The van der Waals surface area contributed by atoms with E-state index in [-0.39, 0.29) is 28.2 Å². The summed E-state index contributed by atoms with van der Waals surface area (Å²) in [6, 6.07) is 0. The molecule has 0 unspecified atom stereocenters. The molecule has 0 aromatic rings. The van der Waals surface area contributed by atoms with Crippen molar-refractivity contribution >= 4 is 0 Å². The van der Waals surface area contributed by atoms with Crippen LogP contribution in [0.1, 0.15) is 0 Å². The molecule has 0 amide bonds. The molecular formula is H7F7O3Ta. The fraction of sp³-hybridized carbons (Fsp3) is 0. The van der Waals surface area contributed by atoms with Crippen LogP contribution in [0.15, 0.2) is 0 Å². The summed E-state index contributed by atoms with van der Waals surface area (Å²) in [7, 11) is 0. The van der Waals surface area contributed by atoms with E-state index >= 15 is 0 Å². The van der Waals surface area contributed by atoms with Crippen LogP contribution in [-0.4, -0.2) is 5.31 Å². The van der Waals surface area contributed by atoms with Gasteiger partial charge in [0.1, 0.15) is 0 Å². The van der Waals surface area contributed by atoms with Crippen molar-refractivity contribution in [1.29, 1.82) is 0 Å². The minimum absolute atomic E-state index is 0. The Morgan fingerprint density at radius 3 is 0.727 bits per heavy atom. The summed E-state index contributed by atoms with van der Waals surface area (Å²) in [5.74, 6) is 0. The van der Waals surface area contributed by atoms with Gasteiger partial charge < -0.3 is 0 Å². The summed E-state index contributed by atoms with van der Waals surface area (Å²) in [6.07, 6.45) is 0. The van der Waals surface area contributed by atoms with Crippen LogP contribution >= 0.6 is 0 Å². The summed E-state index contributed by atoms with van der Waals surface area (Å²) < 4.78 is 25.6. The molecule has 11 heavy (non-hydrogen) atoms. The van der Waals surface area contributed by atoms with Gasteiger partial charge in [-0.25, -0.2) is 5.31 Å². The van der Waals surface area contributed by atoms with Gasteiger partial charge in [-0.15, -0.1) is 0 Å². The molecule has 3 nitrogen and oxygen atoms in total. The van der Waals surface area contributed by atoms with Gasteiger partial charge in [0.05, 0.1) is 0 Å². The zero-order chi connectivity index (χ0) is 4.71. The molecule has 0 atom stereocenters. The van der Waals surface area contributed by atoms with Crippen molar-refractivity contribution in [3.8, 4) is 0 Å². The number of hydrogen-bond acceptors (Lipinski definition) is 3. The van der Waals surface area contributed by atoms with Crippen molar-refractivity contribution in [2.24, 2.45) is 0 Å². The van der Waals surface area contributed by atoms with Crippen LogP contribution in [0.2, 0.25) is 0 Å². The number of halogens is 7. The van der Waals surface area contributed by atoms with E-state index in [0.29, 0.717) is 0 Å². The van der Waals surface area contributed by atoms with E-state index in [2.05, 4.69) is 0 Å². The quantitative estimate of drug-likeness (QED) is 0.635. The Morgan fingerprint density at radius 2 is 0.727 bits per heavy atom. The third kappa shape index (κ3) is 16600. The molecule has 0 radical (unpaired) electrons. The molecule has 0 saturated carbocycles. The van der Waals surface area contributed by atoms with Crippen molar-refractivity contribution < 1.29 is 64.3 Å². The fourth-order valence-corrected chi connectivity index (χ4v) is 0. The van der Waals surface area contributed by atoms with E-state index < -0.39 is 19.7 Å². The van der Waals surface area contributed by atoms with Crippen molar-refractivity contribution in [2.75, 3.05) is 0 Å². The van der Waals surface area contributed by atoms with E-state index in [4.69, 9.17) is 16.3 Å². The molecule has 0 aliphatic heterocycles. The normalized spacial score (nSPS) is 1.27. The van der Waals surface area contributed by atoms with Crippen molar-refractivity contribution in [2.45, 2.75) is 0 Å². The molecule has 0 rings (SSSR count). The molecule has 0 aromatic heterocycles. The molecule has 0 spiro atoms. The van der Waals surface area contributed by atoms with Crippen LogP contribution in [0.3, 0.4) is 0 Å². The maximum absolute atomic E-state index is 8.56. The molecule has 0 aliphatic carbocycles. The van der Waals surface area contributed by atoms with Crippen LogP contribution < -0.4 is 0 Å². The maximum atomic E-state index is 8.56. The monoisotopic (exact) mass is 369 g/mol. The molecule has 0 fully saturated rings. The van der Waals surface area contributed by atoms with Crippen LogP contribution in [-0.2, 0) is 26.2 Å². The summed E-state index contributed by atoms with van der Waals surface area (Å²) in [5.41, 5.74) is 0. The van der Waals surface area contributed by atoms with E-state index in [1.807, 2.05) is 0 Å². The molecule has 0 aliphatic rings. The SMILES string of the molecule is F.F.F.F.F.F.OF.[O]=[Ta]=[O]. The van der Waals surface area contributed by atoms with Gasteiger partial charge >= 0.3 is 26.2 Å². The average Bonchev–Trinajstić information content (AvgIpc) is 1.46. The predicted octanol–water partition coefficient (Wildman–Crippen LogP) is 0.538. The first-order valence-electron chi connectivity index (χ1n) is 0.534. The molecule has 0 aromatic carbocycles. The Balaban J connectivity index is -0.00000000181. The molecule has 79 valence electrons. The van der Waals surface area contributed by atoms with Crippen molar-refractivity contribution in [1.82, 2.24) is 0 Å². The Hall–Kier alpha value is -0.190. The van der Waals surface area contributed by atoms with E-state index in [9.17, 15) is 0 Å². The minimum atomic E-state index is -2.33. The molecule has 0 bridgehead atoms. The molecule has 0 heterocycles. The molecular weight excluding hydrogens is 362 g/mol. The second kappa shape index (κ2) is 1160. The topological polar surface area (TPSA) is 54.4 Å². The zero-order valence-electron chi connectivity index (χ0n) is 4.54. The Labute approximate surface area is 65.1 Å². The fourth-order valence-electron chi connectivity index (χ4n) is 0. The first-order chi connectivity index (χ1) is 2.41. The van der Waals surface area contributed by atoms with Gasteiger partial charge in [-0.2, -0.15) is 0 Å². The van der Waals surface area contributed by atoms with Gasteiger partial charge in [-0.1, -0.05) is 4.53 Å². The van der Waals surface area contributed by atoms with E-state index in [1.54, 1.807) is 0 Å². The Morgan fingerprint density at radius 1 is 0.727 bits per heavy atom. The van der Waals surface area contributed by atoms with Gasteiger partial charge in [0.25, 0.3) is 0 Å². The second-order valence-electron chi connectivity index (χ2n) is 0.0745. The van der Waals surface area contributed by atoms with Crippen molar-refractivity contribution in [3.63, 3.8) is 0 Å². The predicted molar refractivity (Wildman–Crippen MR) is 19.7 cm³/mol.